The molecule has 1 aromatic heterocycles. The first kappa shape index (κ1) is 14.2. The molecule has 1 N–H and O–H groups in total. The van der Waals surface area contributed by atoms with Crippen molar-refractivity contribution in [3.05, 3.63) is 29.8 Å². The minimum Gasteiger partial charge on any atom is -0.296 e. The molecular formula is C12H13N5O2S. The maximum Gasteiger partial charge on any atom is 0.237 e. The second-order valence-corrected chi connectivity index (χ2v) is 5.00. The molecular weight excluding hydrogens is 278 g/mol. The van der Waals surface area contributed by atoms with Gasteiger partial charge in [0.15, 0.2) is 0 Å². The molecule has 0 saturated heterocycles. The Morgan fingerprint density at radius 1 is 1.35 bits per heavy atom. The van der Waals surface area contributed by atoms with Gasteiger partial charge in [0.25, 0.3) is 0 Å². The summed E-state index contributed by atoms with van der Waals surface area (Å²) >= 11 is 1.17. The average Bonchev–Trinajstić information content (AvgIpc) is 2.84. The zero-order chi connectivity index (χ0) is 14.5. The fourth-order valence-corrected chi connectivity index (χ4v) is 2.27. The maximum atomic E-state index is 11.4. The van der Waals surface area contributed by atoms with E-state index in [4.69, 9.17) is 0 Å². The predicted molar refractivity (Wildman–Crippen MR) is 73.4 cm³/mol. The van der Waals surface area contributed by atoms with E-state index in [2.05, 4.69) is 20.8 Å². The van der Waals surface area contributed by atoms with Crippen LogP contribution in [0.2, 0.25) is 0 Å². The Morgan fingerprint density at radius 3 is 2.80 bits per heavy atom. The molecule has 0 fully saturated rings. The summed E-state index contributed by atoms with van der Waals surface area (Å²) in [5.74, 6) is -0.679. The summed E-state index contributed by atoms with van der Waals surface area (Å²) in [6.45, 7) is 3.24. The Hall–Kier alpha value is -2.22. The lowest BCUT2D eigenvalue weighted by Crippen LogP contribution is -2.29. The number of aryl methyl sites for hydroxylation is 1. The van der Waals surface area contributed by atoms with Gasteiger partial charge in [-0.2, -0.15) is 4.68 Å². The van der Waals surface area contributed by atoms with E-state index in [1.807, 2.05) is 31.2 Å². The Kier molecular flexibility index (Phi) is 4.46. The van der Waals surface area contributed by atoms with E-state index < -0.39 is 0 Å². The fourth-order valence-electron chi connectivity index (χ4n) is 1.58. The average molecular weight is 291 g/mol. The highest BCUT2D eigenvalue weighted by molar-refractivity contribution is 7.99. The number of nitrogens with zero attached hydrogens (tertiary/aromatic N) is 4. The van der Waals surface area contributed by atoms with Crippen LogP contribution in [0.25, 0.3) is 5.69 Å². The van der Waals surface area contributed by atoms with Crippen molar-refractivity contribution in [1.82, 2.24) is 25.5 Å². The van der Waals surface area contributed by atoms with Gasteiger partial charge < -0.3 is 0 Å². The lowest BCUT2D eigenvalue weighted by atomic mass is 10.2. The van der Waals surface area contributed by atoms with Gasteiger partial charge in [-0.25, -0.2) is 0 Å². The lowest BCUT2D eigenvalue weighted by molar-refractivity contribution is -0.127. The Morgan fingerprint density at radius 2 is 2.10 bits per heavy atom. The highest BCUT2D eigenvalue weighted by Gasteiger charge is 2.13. The van der Waals surface area contributed by atoms with Crippen molar-refractivity contribution in [3.63, 3.8) is 0 Å². The van der Waals surface area contributed by atoms with Crippen LogP contribution in [0.4, 0.5) is 0 Å². The summed E-state index contributed by atoms with van der Waals surface area (Å²) in [7, 11) is 0. The number of benzene rings is 1. The normalized spacial score (nSPS) is 10.3. The number of carbonyl (C=O) groups excluding carboxylic acids is 2. The van der Waals surface area contributed by atoms with Gasteiger partial charge in [-0.05, 0) is 29.0 Å². The van der Waals surface area contributed by atoms with Crippen LogP contribution in [0, 0.1) is 6.92 Å². The van der Waals surface area contributed by atoms with Gasteiger partial charge in [0.05, 0.1) is 11.4 Å². The number of nitrogens with one attached hydrogen (secondary N) is 1. The standard InChI is InChI=1S/C12H13N5O2S/c1-8-5-3-4-6-10(8)17-12(14-15-16-17)20-7-11(19)13-9(2)18/h3-6H,7H2,1-2H3,(H,13,18,19). The van der Waals surface area contributed by atoms with Crippen LogP contribution in [-0.4, -0.2) is 37.8 Å². The minimum atomic E-state index is -0.380. The van der Waals surface area contributed by atoms with Crippen LogP contribution in [0.1, 0.15) is 12.5 Å². The van der Waals surface area contributed by atoms with E-state index in [9.17, 15) is 9.59 Å². The molecule has 8 heteroatoms. The van der Waals surface area contributed by atoms with E-state index in [1.165, 1.54) is 18.7 Å². The lowest BCUT2D eigenvalue weighted by Gasteiger charge is -2.06. The van der Waals surface area contributed by atoms with E-state index in [0.717, 1.165) is 11.3 Å². The van der Waals surface area contributed by atoms with E-state index >= 15 is 0 Å². The van der Waals surface area contributed by atoms with Gasteiger partial charge >= 0.3 is 0 Å². The first-order chi connectivity index (χ1) is 9.58. The topological polar surface area (TPSA) is 89.8 Å². The van der Waals surface area contributed by atoms with Crippen molar-refractivity contribution < 1.29 is 9.59 Å². The van der Waals surface area contributed by atoms with Gasteiger partial charge in [-0.3, -0.25) is 14.9 Å². The first-order valence-electron chi connectivity index (χ1n) is 5.85. The Labute approximate surface area is 119 Å². The van der Waals surface area contributed by atoms with Crippen molar-refractivity contribution in [2.75, 3.05) is 5.75 Å². The third kappa shape index (κ3) is 3.41. The van der Waals surface area contributed by atoms with Gasteiger partial charge in [0.2, 0.25) is 17.0 Å². The summed E-state index contributed by atoms with van der Waals surface area (Å²) in [5.41, 5.74) is 1.88. The zero-order valence-corrected chi connectivity index (χ0v) is 11.8. The number of thioether (sulfide) groups is 1. The van der Waals surface area contributed by atoms with E-state index in [0.29, 0.717) is 5.16 Å². The van der Waals surface area contributed by atoms with E-state index in [-0.39, 0.29) is 17.6 Å². The molecule has 20 heavy (non-hydrogen) atoms. The van der Waals surface area contributed by atoms with Crippen LogP contribution >= 0.6 is 11.8 Å². The molecule has 1 aromatic carbocycles. The first-order valence-corrected chi connectivity index (χ1v) is 6.84. The molecule has 0 spiro atoms. The van der Waals surface area contributed by atoms with Crippen molar-refractivity contribution in [2.45, 2.75) is 19.0 Å². The number of rotatable bonds is 4. The minimum absolute atomic E-state index is 0.0752. The van der Waals surface area contributed by atoms with Crippen LogP contribution in [0.3, 0.4) is 0 Å². The maximum absolute atomic E-state index is 11.4. The number of para-hydroxylation sites is 1. The molecule has 0 saturated carbocycles. The number of amides is 2. The molecule has 2 amide bonds. The summed E-state index contributed by atoms with van der Waals surface area (Å²) in [6.07, 6.45) is 0. The molecule has 0 bridgehead atoms. The van der Waals surface area contributed by atoms with Crippen molar-refractivity contribution >= 4 is 23.6 Å². The molecule has 7 nitrogen and oxygen atoms in total. The summed E-state index contributed by atoms with van der Waals surface area (Å²) < 4.78 is 1.57. The third-order valence-electron chi connectivity index (χ3n) is 2.43. The smallest absolute Gasteiger partial charge is 0.237 e. The van der Waals surface area contributed by atoms with Gasteiger partial charge in [0, 0.05) is 6.92 Å². The van der Waals surface area contributed by atoms with Gasteiger partial charge in [-0.15, -0.1) is 5.10 Å². The number of hydrogen-bond donors (Lipinski definition) is 1. The largest absolute Gasteiger partial charge is 0.296 e. The zero-order valence-electron chi connectivity index (χ0n) is 11.0. The summed E-state index contributed by atoms with van der Waals surface area (Å²) in [4.78, 5) is 22.2. The summed E-state index contributed by atoms with van der Waals surface area (Å²) in [5, 5.41) is 14.1. The Bertz CT molecular complexity index is 640. The molecule has 0 unspecified atom stereocenters. The van der Waals surface area contributed by atoms with Crippen LogP contribution in [-0.2, 0) is 9.59 Å². The predicted octanol–water partition coefficient (Wildman–Crippen LogP) is 0.726. The van der Waals surface area contributed by atoms with Gasteiger partial charge in [-0.1, -0.05) is 30.0 Å². The van der Waals surface area contributed by atoms with Crippen molar-refractivity contribution in [3.8, 4) is 5.69 Å². The Balaban J connectivity index is 2.12. The second-order valence-electron chi connectivity index (χ2n) is 4.05. The molecule has 2 aromatic rings. The van der Waals surface area contributed by atoms with E-state index in [1.54, 1.807) is 4.68 Å². The number of imide groups is 1. The highest BCUT2D eigenvalue weighted by Crippen LogP contribution is 2.19. The number of aromatic nitrogens is 4. The monoisotopic (exact) mass is 291 g/mol. The fraction of sp³-hybridized carbons (Fsp3) is 0.250. The number of hydrogen-bond acceptors (Lipinski definition) is 6. The third-order valence-corrected chi connectivity index (χ3v) is 3.35. The number of carbonyl (C=O) groups is 2. The molecule has 104 valence electrons. The SMILES string of the molecule is CC(=O)NC(=O)CSc1nnnn1-c1ccccc1C. The molecule has 0 atom stereocenters. The van der Waals surface area contributed by atoms with Gasteiger partial charge in [0.1, 0.15) is 0 Å². The molecule has 0 aliphatic heterocycles. The van der Waals surface area contributed by atoms with Crippen LogP contribution < -0.4 is 5.32 Å². The van der Waals surface area contributed by atoms with Crippen molar-refractivity contribution in [1.29, 1.82) is 0 Å². The van der Waals surface area contributed by atoms with Crippen LogP contribution in [0.5, 0.6) is 0 Å². The molecule has 0 radical (unpaired) electrons. The van der Waals surface area contributed by atoms with Crippen LogP contribution in [0.15, 0.2) is 29.4 Å². The quantitative estimate of drug-likeness (QED) is 0.835. The summed E-state index contributed by atoms with van der Waals surface area (Å²) in [6, 6.07) is 7.66. The molecule has 0 aliphatic rings. The second kappa shape index (κ2) is 6.29. The molecule has 1 heterocycles. The number of tetrazole rings is 1. The molecule has 2 rings (SSSR count). The molecule has 0 aliphatic carbocycles. The highest BCUT2D eigenvalue weighted by atomic mass is 32.2. The van der Waals surface area contributed by atoms with Crippen molar-refractivity contribution in [2.24, 2.45) is 0 Å².